The Kier molecular flexibility index (Phi) is 5.07. The zero-order valence-corrected chi connectivity index (χ0v) is 16.4. The van der Waals surface area contributed by atoms with Crippen molar-refractivity contribution < 1.29 is 13.9 Å². The van der Waals surface area contributed by atoms with Crippen LogP contribution < -0.4 is 10.5 Å². The number of primary amides is 1. The third-order valence-corrected chi connectivity index (χ3v) is 5.58. The molecule has 1 aromatic heterocycles. The second kappa shape index (κ2) is 7.66. The van der Waals surface area contributed by atoms with Gasteiger partial charge >= 0.3 is 0 Å². The summed E-state index contributed by atoms with van der Waals surface area (Å²) in [5.74, 6) is 2.18. The van der Waals surface area contributed by atoms with Crippen LogP contribution in [-0.2, 0) is 11.2 Å². The van der Waals surface area contributed by atoms with E-state index in [1.165, 1.54) is 12.8 Å². The van der Waals surface area contributed by atoms with Crippen LogP contribution in [-0.4, -0.2) is 18.0 Å². The van der Waals surface area contributed by atoms with E-state index in [9.17, 15) is 4.79 Å². The summed E-state index contributed by atoms with van der Waals surface area (Å²) in [6, 6.07) is 12.3. The fourth-order valence-electron chi connectivity index (χ4n) is 3.92. The van der Waals surface area contributed by atoms with Gasteiger partial charge in [0, 0.05) is 18.4 Å². The van der Waals surface area contributed by atoms with Crippen LogP contribution in [0.15, 0.2) is 40.8 Å². The molecule has 1 amide bonds. The van der Waals surface area contributed by atoms with Crippen LogP contribution >= 0.6 is 0 Å². The summed E-state index contributed by atoms with van der Waals surface area (Å²) in [4.78, 5) is 16.1. The van der Waals surface area contributed by atoms with Crippen molar-refractivity contribution in [3.05, 3.63) is 47.9 Å². The molecule has 1 atom stereocenters. The predicted octanol–water partition coefficient (Wildman–Crippen LogP) is 4.82. The smallest absolute Gasteiger partial charge is 0.217 e. The van der Waals surface area contributed by atoms with Crippen LogP contribution in [0.1, 0.15) is 50.0 Å². The number of carbonyl (C=O) groups excluding carboxylic acids is 1. The molecule has 0 spiro atoms. The zero-order valence-electron chi connectivity index (χ0n) is 16.4. The Morgan fingerprint density at radius 3 is 2.61 bits per heavy atom. The lowest BCUT2D eigenvalue weighted by atomic mass is 9.87. The van der Waals surface area contributed by atoms with E-state index in [1.54, 1.807) is 7.11 Å². The van der Waals surface area contributed by atoms with Crippen molar-refractivity contribution in [3.63, 3.8) is 0 Å². The van der Waals surface area contributed by atoms with Crippen molar-refractivity contribution in [2.45, 2.75) is 44.9 Å². The fraction of sp³-hybridized carbons (Fsp3) is 0.391. The Labute approximate surface area is 164 Å². The van der Waals surface area contributed by atoms with Crippen LogP contribution in [0.25, 0.3) is 22.2 Å². The molecule has 3 aromatic rings. The van der Waals surface area contributed by atoms with Gasteiger partial charge in [0.2, 0.25) is 5.91 Å². The number of nitrogens with two attached hydrogens (primary N) is 1. The molecular weight excluding hydrogens is 352 g/mol. The predicted molar refractivity (Wildman–Crippen MR) is 109 cm³/mol. The molecule has 2 N–H and O–H groups in total. The maximum absolute atomic E-state index is 11.4. The van der Waals surface area contributed by atoms with E-state index >= 15 is 0 Å². The molecule has 28 heavy (non-hydrogen) atoms. The largest absolute Gasteiger partial charge is 0.497 e. The highest BCUT2D eigenvalue weighted by Gasteiger charge is 2.34. The minimum atomic E-state index is -0.250. The first kappa shape index (κ1) is 18.5. The Bertz CT molecular complexity index is 987. The molecule has 1 fully saturated rings. The molecule has 1 heterocycles. The topological polar surface area (TPSA) is 78.4 Å². The quantitative estimate of drug-likeness (QED) is 0.609. The molecule has 1 aliphatic carbocycles. The summed E-state index contributed by atoms with van der Waals surface area (Å²) < 4.78 is 11.4. The second-order valence-electron chi connectivity index (χ2n) is 7.55. The number of benzene rings is 2. The molecule has 0 radical (unpaired) electrons. The van der Waals surface area contributed by atoms with Gasteiger partial charge < -0.3 is 14.9 Å². The highest BCUT2D eigenvalue weighted by molar-refractivity contribution is 5.84. The van der Waals surface area contributed by atoms with Gasteiger partial charge in [0.25, 0.3) is 0 Å². The molecule has 1 saturated carbocycles. The van der Waals surface area contributed by atoms with Crippen LogP contribution in [0, 0.1) is 5.92 Å². The highest BCUT2D eigenvalue weighted by Crippen LogP contribution is 2.47. The Morgan fingerprint density at radius 2 is 2.00 bits per heavy atom. The number of ether oxygens (including phenoxy) is 1. The maximum atomic E-state index is 11.4. The third-order valence-electron chi connectivity index (χ3n) is 5.58. The SMILES string of the molecule is CCc1nc2cc(-c3ccc(OC)cc3)cc(C(CCC(N)=O)C3CC3)c2o1. The number of methoxy groups -OCH3 is 1. The standard InChI is InChI=1S/C23H26N2O3/c1-3-22-25-20-13-16(14-6-8-17(27-2)9-7-14)12-19(23(20)28-22)18(15-4-5-15)10-11-21(24)26/h6-9,12-13,15,18H,3-5,10-11H2,1-2H3,(H2,24,26). The van der Waals surface area contributed by atoms with E-state index in [1.807, 2.05) is 19.1 Å². The van der Waals surface area contributed by atoms with Crippen LogP contribution in [0.4, 0.5) is 0 Å². The second-order valence-corrected chi connectivity index (χ2v) is 7.55. The molecule has 5 heteroatoms. The molecule has 4 rings (SSSR count). The highest BCUT2D eigenvalue weighted by atomic mass is 16.5. The zero-order chi connectivity index (χ0) is 19.7. The Hall–Kier alpha value is -2.82. The van der Waals surface area contributed by atoms with Crippen molar-refractivity contribution in [2.24, 2.45) is 11.7 Å². The summed E-state index contributed by atoms with van der Waals surface area (Å²) >= 11 is 0. The van der Waals surface area contributed by atoms with Gasteiger partial charge in [-0.3, -0.25) is 4.79 Å². The van der Waals surface area contributed by atoms with Gasteiger partial charge in [-0.2, -0.15) is 0 Å². The van der Waals surface area contributed by atoms with E-state index in [0.29, 0.717) is 12.3 Å². The maximum Gasteiger partial charge on any atom is 0.217 e. The van der Waals surface area contributed by atoms with Gasteiger partial charge in [0.15, 0.2) is 11.5 Å². The normalized spacial score (nSPS) is 14.9. The van der Waals surface area contributed by atoms with E-state index in [0.717, 1.165) is 52.3 Å². The number of amides is 1. The number of aromatic nitrogens is 1. The average molecular weight is 378 g/mol. The first-order valence-electron chi connectivity index (χ1n) is 9.95. The van der Waals surface area contributed by atoms with Gasteiger partial charge in [0.1, 0.15) is 11.3 Å². The first-order chi connectivity index (χ1) is 13.6. The number of hydrogen-bond acceptors (Lipinski definition) is 4. The van der Waals surface area contributed by atoms with E-state index in [2.05, 4.69) is 29.2 Å². The van der Waals surface area contributed by atoms with Crippen molar-refractivity contribution in [1.82, 2.24) is 4.98 Å². The minimum absolute atomic E-state index is 0.250. The number of oxazole rings is 1. The summed E-state index contributed by atoms with van der Waals surface area (Å²) in [5.41, 5.74) is 10.5. The average Bonchev–Trinajstić information content (AvgIpc) is 3.45. The molecule has 0 saturated heterocycles. The number of aryl methyl sites for hydroxylation is 1. The molecular formula is C23H26N2O3. The number of carbonyl (C=O) groups is 1. The lowest BCUT2D eigenvalue weighted by Crippen LogP contribution is -2.13. The lowest BCUT2D eigenvalue weighted by Gasteiger charge is -2.17. The van der Waals surface area contributed by atoms with E-state index in [-0.39, 0.29) is 11.8 Å². The van der Waals surface area contributed by atoms with Crippen molar-refractivity contribution in [2.75, 3.05) is 7.11 Å². The monoisotopic (exact) mass is 378 g/mol. The Balaban J connectivity index is 1.82. The molecule has 0 aliphatic heterocycles. The fourth-order valence-corrected chi connectivity index (χ4v) is 3.92. The van der Waals surface area contributed by atoms with Gasteiger partial charge in [0.05, 0.1) is 7.11 Å². The van der Waals surface area contributed by atoms with Gasteiger partial charge in [-0.1, -0.05) is 19.1 Å². The molecule has 2 aromatic carbocycles. The van der Waals surface area contributed by atoms with E-state index < -0.39 is 0 Å². The first-order valence-corrected chi connectivity index (χ1v) is 9.95. The molecule has 1 aliphatic rings. The van der Waals surface area contributed by atoms with Gasteiger partial charge in [-0.15, -0.1) is 0 Å². The number of nitrogens with zero attached hydrogens (tertiary/aromatic N) is 1. The van der Waals surface area contributed by atoms with Crippen molar-refractivity contribution in [1.29, 1.82) is 0 Å². The number of hydrogen-bond donors (Lipinski definition) is 1. The van der Waals surface area contributed by atoms with Crippen LogP contribution in [0.2, 0.25) is 0 Å². The van der Waals surface area contributed by atoms with Crippen LogP contribution in [0.3, 0.4) is 0 Å². The third kappa shape index (κ3) is 3.75. The summed E-state index contributed by atoms with van der Waals surface area (Å²) in [5, 5.41) is 0. The van der Waals surface area contributed by atoms with E-state index in [4.69, 9.17) is 14.9 Å². The van der Waals surface area contributed by atoms with Crippen molar-refractivity contribution in [3.8, 4) is 16.9 Å². The molecule has 0 bridgehead atoms. The summed E-state index contributed by atoms with van der Waals surface area (Å²) in [6.45, 7) is 2.04. The number of rotatable bonds is 8. The molecule has 5 nitrogen and oxygen atoms in total. The summed E-state index contributed by atoms with van der Waals surface area (Å²) in [7, 11) is 1.67. The summed E-state index contributed by atoms with van der Waals surface area (Å²) in [6.07, 6.45) is 4.27. The number of fused-ring (bicyclic) bond motifs is 1. The van der Waals surface area contributed by atoms with Gasteiger partial charge in [-0.25, -0.2) is 4.98 Å². The minimum Gasteiger partial charge on any atom is -0.497 e. The lowest BCUT2D eigenvalue weighted by molar-refractivity contribution is -0.118. The van der Waals surface area contributed by atoms with Gasteiger partial charge in [-0.05, 0) is 66.5 Å². The van der Waals surface area contributed by atoms with Crippen molar-refractivity contribution >= 4 is 17.0 Å². The molecule has 1 unspecified atom stereocenters. The van der Waals surface area contributed by atoms with Crippen LogP contribution in [0.5, 0.6) is 5.75 Å². The molecule has 146 valence electrons. The Morgan fingerprint density at radius 1 is 1.25 bits per heavy atom.